The van der Waals surface area contributed by atoms with Gasteiger partial charge in [0.05, 0.1) is 0 Å². The number of benzene rings is 1. The molecule has 0 amide bonds. The van der Waals surface area contributed by atoms with E-state index >= 15 is 0 Å². The highest BCUT2D eigenvalue weighted by atomic mass is 16.5. The predicted molar refractivity (Wildman–Crippen MR) is 82.0 cm³/mol. The van der Waals surface area contributed by atoms with E-state index in [2.05, 4.69) is 36.1 Å². The molecule has 1 aromatic heterocycles. The Morgan fingerprint density at radius 1 is 1.15 bits per heavy atom. The summed E-state index contributed by atoms with van der Waals surface area (Å²) in [7, 11) is 1.84. The average Bonchev–Trinajstić information content (AvgIpc) is 2.47. The maximum Gasteiger partial charge on any atom is 0.219 e. The zero-order valence-electron chi connectivity index (χ0n) is 12.5. The summed E-state index contributed by atoms with van der Waals surface area (Å²) in [5.74, 6) is 2.01. The molecule has 0 aliphatic heterocycles. The molecular formula is C16H21N3O. The van der Waals surface area contributed by atoms with Gasteiger partial charge >= 0.3 is 0 Å². The van der Waals surface area contributed by atoms with E-state index in [9.17, 15) is 0 Å². The van der Waals surface area contributed by atoms with Crippen LogP contribution in [0.25, 0.3) is 11.4 Å². The zero-order valence-corrected chi connectivity index (χ0v) is 12.5. The molecule has 106 valence electrons. The Morgan fingerprint density at radius 2 is 1.85 bits per heavy atom. The van der Waals surface area contributed by atoms with E-state index in [1.807, 2.05) is 43.4 Å². The second kappa shape index (κ2) is 5.90. The van der Waals surface area contributed by atoms with Gasteiger partial charge in [-0.05, 0) is 20.3 Å². The Morgan fingerprint density at radius 3 is 2.45 bits per heavy atom. The maximum absolute atomic E-state index is 5.96. The van der Waals surface area contributed by atoms with Crippen molar-refractivity contribution >= 4 is 5.82 Å². The van der Waals surface area contributed by atoms with Crippen LogP contribution in [0.5, 0.6) is 5.88 Å². The summed E-state index contributed by atoms with van der Waals surface area (Å²) in [6.45, 7) is 6.20. The number of anilines is 1. The van der Waals surface area contributed by atoms with Gasteiger partial charge in [0.25, 0.3) is 0 Å². The number of hydrogen-bond donors (Lipinski definition) is 1. The van der Waals surface area contributed by atoms with Gasteiger partial charge in [0.1, 0.15) is 11.4 Å². The van der Waals surface area contributed by atoms with Crippen molar-refractivity contribution in [2.24, 2.45) is 0 Å². The Balaban J connectivity index is 2.39. The normalized spacial score (nSPS) is 11.2. The van der Waals surface area contributed by atoms with Crippen molar-refractivity contribution in [1.29, 1.82) is 0 Å². The van der Waals surface area contributed by atoms with Gasteiger partial charge in [-0.15, -0.1) is 0 Å². The lowest BCUT2D eigenvalue weighted by atomic mass is 10.1. The second-order valence-corrected chi connectivity index (χ2v) is 5.25. The van der Waals surface area contributed by atoms with Crippen LogP contribution in [0.4, 0.5) is 5.82 Å². The topological polar surface area (TPSA) is 47.0 Å². The summed E-state index contributed by atoms with van der Waals surface area (Å²) in [5.41, 5.74) is 0.733. The molecule has 20 heavy (non-hydrogen) atoms. The quantitative estimate of drug-likeness (QED) is 0.899. The molecular weight excluding hydrogens is 250 g/mol. The highest BCUT2D eigenvalue weighted by Gasteiger charge is 2.18. The van der Waals surface area contributed by atoms with Gasteiger partial charge in [0.15, 0.2) is 5.82 Å². The van der Waals surface area contributed by atoms with Crippen molar-refractivity contribution in [3.8, 4) is 17.3 Å². The summed E-state index contributed by atoms with van der Waals surface area (Å²) in [5, 5.41) is 3.05. The third-order valence-corrected chi connectivity index (χ3v) is 3.22. The lowest BCUT2D eigenvalue weighted by Crippen LogP contribution is -2.27. The van der Waals surface area contributed by atoms with E-state index < -0.39 is 0 Å². The summed E-state index contributed by atoms with van der Waals surface area (Å²) in [6.07, 6.45) is 0.909. The number of nitrogens with one attached hydrogen (secondary N) is 1. The molecule has 4 nitrogen and oxygen atoms in total. The molecule has 0 atom stereocenters. The maximum atomic E-state index is 5.96. The van der Waals surface area contributed by atoms with Crippen molar-refractivity contribution < 1.29 is 4.74 Å². The summed E-state index contributed by atoms with van der Waals surface area (Å²) in [6, 6.07) is 11.7. The molecule has 0 aliphatic rings. The summed E-state index contributed by atoms with van der Waals surface area (Å²) < 4.78 is 5.96. The van der Waals surface area contributed by atoms with Crippen LogP contribution < -0.4 is 10.1 Å². The van der Waals surface area contributed by atoms with Crippen LogP contribution in [0.1, 0.15) is 27.2 Å². The molecule has 0 fully saturated rings. The SMILES string of the molecule is CCC(C)(C)Oc1cc(NC)nc(-c2ccccc2)n1. The molecule has 2 aromatic rings. The van der Waals surface area contributed by atoms with Gasteiger partial charge in [0.2, 0.25) is 5.88 Å². The molecule has 1 heterocycles. The molecule has 0 spiro atoms. The molecule has 1 N–H and O–H groups in total. The number of nitrogens with zero attached hydrogens (tertiary/aromatic N) is 2. The molecule has 0 bridgehead atoms. The lowest BCUT2D eigenvalue weighted by molar-refractivity contribution is 0.0991. The fraction of sp³-hybridized carbons (Fsp3) is 0.375. The minimum atomic E-state index is -0.243. The second-order valence-electron chi connectivity index (χ2n) is 5.25. The van der Waals surface area contributed by atoms with Crippen molar-refractivity contribution in [3.05, 3.63) is 36.4 Å². The molecule has 0 aliphatic carbocycles. The van der Waals surface area contributed by atoms with Crippen LogP contribution in [0, 0.1) is 0 Å². The third kappa shape index (κ3) is 3.47. The van der Waals surface area contributed by atoms with Crippen molar-refractivity contribution in [3.63, 3.8) is 0 Å². The van der Waals surface area contributed by atoms with Crippen molar-refractivity contribution in [2.45, 2.75) is 32.8 Å². The highest BCUT2D eigenvalue weighted by molar-refractivity contribution is 5.58. The third-order valence-electron chi connectivity index (χ3n) is 3.22. The van der Waals surface area contributed by atoms with E-state index in [1.165, 1.54) is 0 Å². The van der Waals surface area contributed by atoms with Gasteiger partial charge in [-0.1, -0.05) is 37.3 Å². The predicted octanol–water partition coefficient (Wildman–Crippen LogP) is 3.75. The molecule has 1 aromatic carbocycles. The first kappa shape index (κ1) is 14.3. The molecule has 0 radical (unpaired) electrons. The first-order valence-electron chi connectivity index (χ1n) is 6.85. The van der Waals surface area contributed by atoms with E-state index in [4.69, 9.17) is 4.74 Å². The van der Waals surface area contributed by atoms with E-state index in [1.54, 1.807) is 0 Å². The van der Waals surface area contributed by atoms with Crippen LogP contribution in [-0.2, 0) is 0 Å². The smallest absolute Gasteiger partial charge is 0.219 e. The van der Waals surface area contributed by atoms with Crippen LogP contribution in [0.2, 0.25) is 0 Å². The lowest BCUT2D eigenvalue weighted by Gasteiger charge is -2.24. The molecule has 0 saturated carbocycles. The van der Waals surface area contributed by atoms with Crippen LogP contribution in [0.15, 0.2) is 36.4 Å². The zero-order chi connectivity index (χ0) is 14.6. The number of rotatable bonds is 5. The molecule has 4 heteroatoms. The minimum Gasteiger partial charge on any atom is -0.472 e. The number of ether oxygens (including phenoxy) is 1. The first-order chi connectivity index (χ1) is 9.54. The van der Waals surface area contributed by atoms with Gasteiger partial charge in [-0.25, -0.2) is 4.98 Å². The summed E-state index contributed by atoms with van der Waals surface area (Å²) in [4.78, 5) is 8.99. The van der Waals surface area contributed by atoms with Gasteiger partial charge in [0, 0.05) is 18.7 Å². The fourth-order valence-corrected chi connectivity index (χ4v) is 1.68. The van der Waals surface area contributed by atoms with Crippen LogP contribution >= 0.6 is 0 Å². The van der Waals surface area contributed by atoms with Crippen molar-refractivity contribution in [1.82, 2.24) is 9.97 Å². The minimum absolute atomic E-state index is 0.243. The Labute approximate surface area is 120 Å². The molecule has 0 saturated heterocycles. The van der Waals surface area contributed by atoms with Gasteiger partial charge in [-0.3, -0.25) is 0 Å². The first-order valence-corrected chi connectivity index (χ1v) is 6.85. The largest absolute Gasteiger partial charge is 0.472 e. The molecule has 0 unspecified atom stereocenters. The van der Waals surface area contributed by atoms with Crippen LogP contribution in [-0.4, -0.2) is 22.6 Å². The van der Waals surface area contributed by atoms with Gasteiger partial charge in [-0.2, -0.15) is 4.98 Å². The van der Waals surface area contributed by atoms with E-state index in [0.717, 1.165) is 17.8 Å². The van der Waals surface area contributed by atoms with Crippen molar-refractivity contribution in [2.75, 3.05) is 12.4 Å². The monoisotopic (exact) mass is 271 g/mol. The Hall–Kier alpha value is -2.10. The van der Waals surface area contributed by atoms with E-state index in [0.29, 0.717) is 11.7 Å². The standard InChI is InChI=1S/C16H21N3O/c1-5-16(2,3)20-14-11-13(17-4)18-15(19-14)12-9-7-6-8-10-12/h6-11H,5H2,1-4H3,(H,17,18,19). The van der Waals surface area contributed by atoms with E-state index in [-0.39, 0.29) is 5.60 Å². The number of aromatic nitrogens is 2. The average molecular weight is 271 g/mol. The Bertz CT molecular complexity index is 567. The van der Waals surface area contributed by atoms with Crippen LogP contribution in [0.3, 0.4) is 0 Å². The van der Waals surface area contributed by atoms with Gasteiger partial charge < -0.3 is 10.1 Å². The molecule has 2 rings (SSSR count). The number of hydrogen-bond acceptors (Lipinski definition) is 4. The Kier molecular flexibility index (Phi) is 4.23. The highest BCUT2D eigenvalue weighted by Crippen LogP contribution is 2.24. The fourth-order valence-electron chi connectivity index (χ4n) is 1.68. The summed E-state index contributed by atoms with van der Waals surface area (Å²) >= 11 is 0.